The third kappa shape index (κ3) is 6.19. The lowest BCUT2D eigenvalue weighted by Crippen LogP contribution is -2.40. The second-order valence-electron chi connectivity index (χ2n) is 11.0. The van der Waals surface area contributed by atoms with Crippen LogP contribution in [0, 0.1) is 11.3 Å². The minimum atomic E-state index is -0.675. The molecule has 3 aromatic rings. The summed E-state index contributed by atoms with van der Waals surface area (Å²) in [5.74, 6) is 0.415. The van der Waals surface area contributed by atoms with E-state index >= 15 is 0 Å². The van der Waals surface area contributed by atoms with Crippen molar-refractivity contribution in [3.05, 3.63) is 65.4 Å². The van der Waals surface area contributed by atoms with E-state index in [1.54, 1.807) is 25.4 Å². The highest BCUT2D eigenvalue weighted by molar-refractivity contribution is 5.95. The number of nitriles is 1. The first-order valence-corrected chi connectivity index (χ1v) is 13.0. The highest BCUT2D eigenvalue weighted by atomic mass is 16.6. The number of ether oxygens (including phenoxy) is 2. The molecule has 0 saturated heterocycles. The number of hydrogen-bond donors (Lipinski definition) is 2. The van der Waals surface area contributed by atoms with Crippen LogP contribution in [-0.4, -0.2) is 53.6 Å². The second kappa shape index (κ2) is 11.4. The molecule has 1 aliphatic rings. The Morgan fingerprint density at radius 1 is 1.26 bits per heavy atom. The fourth-order valence-corrected chi connectivity index (χ4v) is 4.88. The van der Waals surface area contributed by atoms with E-state index in [1.165, 1.54) is 4.90 Å². The van der Waals surface area contributed by atoms with Gasteiger partial charge < -0.3 is 19.9 Å². The smallest absolute Gasteiger partial charge is 0.414 e. The third-order valence-electron chi connectivity index (χ3n) is 6.55. The third-order valence-corrected chi connectivity index (χ3v) is 6.55. The Kier molecular flexibility index (Phi) is 8.19. The van der Waals surface area contributed by atoms with Gasteiger partial charge in [-0.3, -0.25) is 4.90 Å². The summed E-state index contributed by atoms with van der Waals surface area (Å²) < 4.78 is 11.2. The van der Waals surface area contributed by atoms with Gasteiger partial charge in [-0.2, -0.15) is 5.26 Å². The number of nitrogens with zero attached hydrogens (tertiary/aromatic N) is 4. The van der Waals surface area contributed by atoms with Crippen LogP contribution in [0.3, 0.4) is 0 Å². The zero-order valence-electron chi connectivity index (χ0n) is 23.1. The molecule has 1 aliphatic heterocycles. The van der Waals surface area contributed by atoms with Gasteiger partial charge in [0.2, 0.25) is 5.95 Å². The van der Waals surface area contributed by atoms with E-state index in [2.05, 4.69) is 16.4 Å². The molecule has 1 aromatic heterocycles. The molecule has 9 heteroatoms. The number of carbonyl (C=O) groups is 1. The van der Waals surface area contributed by atoms with Crippen LogP contribution in [-0.2, 0) is 21.3 Å². The van der Waals surface area contributed by atoms with Crippen molar-refractivity contribution in [2.24, 2.45) is 0 Å². The van der Waals surface area contributed by atoms with E-state index in [0.717, 1.165) is 28.8 Å². The largest absolute Gasteiger partial charge is 0.443 e. The van der Waals surface area contributed by atoms with Crippen LogP contribution in [0.25, 0.3) is 11.3 Å². The summed E-state index contributed by atoms with van der Waals surface area (Å²) in [5.41, 5.74) is 3.79. The van der Waals surface area contributed by atoms with Gasteiger partial charge in [-0.25, -0.2) is 14.8 Å². The molecule has 204 valence electrons. The fourth-order valence-electron chi connectivity index (χ4n) is 4.88. The van der Waals surface area contributed by atoms with Gasteiger partial charge >= 0.3 is 6.09 Å². The van der Waals surface area contributed by atoms with Crippen molar-refractivity contribution in [2.45, 2.75) is 51.6 Å². The van der Waals surface area contributed by atoms with Crippen LogP contribution in [0.15, 0.2) is 48.7 Å². The number of anilines is 3. The summed E-state index contributed by atoms with van der Waals surface area (Å²) in [6, 6.07) is 15.6. The van der Waals surface area contributed by atoms with Gasteiger partial charge in [0.25, 0.3) is 0 Å². The molecule has 1 unspecified atom stereocenters. The van der Waals surface area contributed by atoms with Crippen LogP contribution < -0.4 is 10.2 Å². The second-order valence-corrected chi connectivity index (χ2v) is 11.0. The summed E-state index contributed by atoms with van der Waals surface area (Å²) in [7, 11) is 1.62. The molecule has 0 fully saturated rings. The maximum absolute atomic E-state index is 13.2. The van der Waals surface area contributed by atoms with Crippen LogP contribution in [0.1, 0.15) is 50.8 Å². The Morgan fingerprint density at radius 3 is 2.72 bits per heavy atom. The zero-order chi connectivity index (χ0) is 28.2. The Balaban J connectivity index is 1.74. The Hall–Kier alpha value is -4.00. The molecule has 0 radical (unpaired) electrons. The number of benzene rings is 2. The van der Waals surface area contributed by atoms with Crippen molar-refractivity contribution < 1.29 is 19.4 Å². The highest BCUT2D eigenvalue weighted by Gasteiger charge is 2.44. The molecule has 2 aromatic carbocycles. The quantitative estimate of drug-likeness (QED) is 0.401. The summed E-state index contributed by atoms with van der Waals surface area (Å²) in [4.78, 5) is 23.8. The predicted octanol–water partition coefficient (Wildman–Crippen LogP) is 5.34. The summed E-state index contributed by atoms with van der Waals surface area (Å²) >= 11 is 0. The molecular formula is C30H35N5O4. The summed E-state index contributed by atoms with van der Waals surface area (Å²) in [6.45, 7) is 8.26. The molecule has 0 spiro atoms. The number of para-hydroxylation sites is 1. The molecule has 39 heavy (non-hydrogen) atoms. The van der Waals surface area contributed by atoms with Gasteiger partial charge in [0, 0.05) is 43.1 Å². The van der Waals surface area contributed by atoms with E-state index in [-0.39, 0.29) is 6.61 Å². The average Bonchev–Trinajstić information content (AvgIpc) is 3.19. The summed E-state index contributed by atoms with van der Waals surface area (Å²) in [6.07, 6.45) is 2.55. The monoisotopic (exact) mass is 529 g/mol. The summed E-state index contributed by atoms with van der Waals surface area (Å²) in [5, 5.41) is 22.7. The van der Waals surface area contributed by atoms with Crippen LogP contribution in [0.4, 0.5) is 22.1 Å². The number of rotatable bonds is 8. The first kappa shape index (κ1) is 28.0. The minimum Gasteiger partial charge on any atom is -0.443 e. The zero-order valence-corrected chi connectivity index (χ0v) is 23.1. The van der Waals surface area contributed by atoms with Crippen molar-refractivity contribution in [3.63, 3.8) is 0 Å². The van der Waals surface area contributed by atoms with E-state index < -0.39 is 17.1 Å². The first-order valence-electron chi connectivity index (χ1n) is 13.0. The minimum absolute atomic E-state index is 0.118. The lowest BCUT2D eigenvalue weighted by molar-refractivity contribution is 0.0571. The van der Waals surface area contributed by atoms with Crippen molar-refractivity contribution in [2.75, 3.05) is 37.1 Å². The molecule has 9 nitrogen and oxygen atoms in total. The van der Waals surface area contributed by atoms with E-state index in [9.17, 15) is 15.2 Å². The molecule has 0 bridgehead atoms. The topological polar surface area (TPSA) is 121 Å². The molecule has 2 heterocycles. The lowest BCUT2D eigenvalue weighted by Gasteiger charge is -2.27. The maximum atomic E-state index is 13.2. The average molecular weight is 530 g/mol. The molecule has 2 N–H and O–H groups in total. The number of nitrogens with one attached hydrogen (secondary N) is 1. The van der Waals surface area contributed by atoms with Gasteiger partial charge in [-0.15, -0.1) is 0 Å². The normalized spacial score (nSPS) is 16.5. The SMILES string of the molecule is COCC1(C)CN(C(=O)OC(C)(C)C)c2c(C#N)cc(-c3ccnc(Nc4ccccc4CCCO)n3)cc21. The van der Waals surface area contributed by atoms with Gasteiger partial charge in [0.15, 0.2) is 0 Å². The van der Waals surface area contributed by atoms with Crippen molar-refractivity contribution >= 4 is 23.4 Å². The Labute approximate surface area is 229 Å². The number of aliphatic hydroxyl groups excluding tert-OH is 1. The van der Waals surface area contributed by atoms with Gasteiger partial charge in [0.1, 0.15) is 11.7 Å². The molecule has 1 amide bonds. The van der Waals surface area contributed by atoms with Crippen molar-refractivity contribution in [3.8, 4) is 17.3 Å². The van der Waals surface area contributed by atoms with E-state index in [0.29, 0.717) is 42.5 Å². The van der Waals surface area contributed by atoms with Crippen LogP contribution >= 0.6 is 0 Å². The van der Waals surface area contributed by atoms with Crippen molar-refractivity contribution in [1.82, 2.24) is 9.97 Å². The number of aromatic nitrogens is 2. The molecule has 1 atom stereocenters. The standard InChI is InChI=1S/C30H35N5O4/c1-29(2,3)39-28(37)35-18-30(4,19-38-5)23-16-21(15-22(17-31)26(23)35)25-12-13-32-27(34-25)33-24-11-7-6-9-20(24)10-8-14-36/h6-7,9,11-13,15-16,36H,8,10,14,18-19H2,1-5H3,(H,32,33,34). The molecular weight excluding hydrogens is 494 g/mol. The number of aryl methyl sites for hydroxylation is 1. The van der Waals surface area contributed by atoms with Gasteiger partial charge in [-0.05, 0) is 69.0 Å². The van der Waals surface area contributed by atoms with Crippen molar-refractivity contribution in [1.29, 1.82) is 5.26 Å². The molecule has 0 aliphatic carbocycles. The van der Waals surface area contributed by atoms with Crippen LogP contribution in [0.2, 0.25) is 0 Å². The van der Waals surface area contributed by atoms with E-state index in [1.807, 2.05) is 58.0 Å². The number of hydrogen-bond acceptors (Lipinski definition) is 8. The maximum Gasteiger partial charge on any atom is 0.414 e. The number of amides is 1. The highest BCUT2D eigenvalue weighted by Crippen LogP contribution is 2.45. The number of carbonyl (C=O) groups excluding carboxylic acids is 1. The van der Waals surface area contributed by atoms with Crippen LogP contribution in [0.5, 0.6) is 0 Å². The van der Waals surface area contributed by atoms with Gasteiger partial charge in [0.05, 0.1) is 23.6 Å². The van der Waals surface area contributed by atoms with Gasteiger partial charge in [-0.1, -0.05) is 25.1 Å². The number of fused-ring (bicyclic) bond motifs is 1. The molecule has 4 rings (SSSR count). The predicted molar refractivity (Wildman–Crippen MR) is 150 cm³/mol. The number of methoxy groups -OCH3 is 1. The molecule has 0 saturated carbocycles. The lowest BCUT2D eigenvalue weighted by atomic mass is 9.83. The Morgan fingerprint density at radius 2 is 2.03 bits per heavy atom. The first-order chi connectivity index (χ1) is 18.6. The Bertz CT molecular complexity index is 1390. The number of aliphatic hydroxyl groups is 1. The fraction of sp³-hybridized carbons (Fsp3) is 0.400. The van der Waals surface area contributed by atoms with E-state index in [4.69, 9.17) is 14.5 Å².